The highest BCUT2D eigenvalue weighted by molar-refractivity contribution is 7.13. The first-order valence-corrected chi connectivity index (χ1v) is 9.09. The number of nitrogens with zero attached hydrogens (tertiary/aromatic N) is 2. The minimum atomic E-state index is 0.196. The SMILES string of the molecule is CC1CCCCN1C(=O)Cc1csc(-c2ccccc2CN)n1. The molecule has 1 amide bonds. The summed E-state index contributed by atoms with van der Waals surface area (Å²) in [6, 6.07) is 8.40. The van der Waals surface area contributed by atoms with E-state index in [-0.39, 0.29) is 5.91 Å². The fourth-order valence-corrected chi connectivity index (χ4v) is 4.02. The van der Waals surface area contributed by atoms with E-state index in [0.717, 1.165) is 41.2 Å². The zero-order valence-corrected chi connectivity index (χ0v) is 14.3. The molecule has 1 saturated heterocycles. The first-order valence-electron chi connectivity index (χ1n) is 8.21. The molecule has 5 heteroatoms. The zero-order chi connectivity index (χ0) is 16.2. The van der Waals surface area contributed by atoms with Crippen LogP contribution in [0.25, 0.3) is 10.6 Å². The van der Waals surface area contributed by atoms with E-state index in [1.54, 1.807) is 11.3 Å². The fraction of sp³-hybridized carbons (Fsp3) is 0.444. The molecule has 1 aromatic heterocycles. The van der Waals surface area contributed by atoms with Crippen LogP contribution in [0.2, 0.25) is 0 Å². The number of rotatable bonds is 4. The van der Waals surface area contributed by atoms with Gasteiger partial charge in [-0.1, -0.05) is 24.3 Å². The molecule has 3 rings (SSSR count). The van der Waals surface area contributed by atoms with Gasteiger partial charge >= 0.3 is 0 Å². The van der Waals surface area contributed by atoms with Gasteiger partial charge in [-0.2, -0.15) is 0 Å². The van der Waals surface area contributed by atoms with Crippen LogP contribution in [-0.4, -0.2) is 28.4 Å². The number of aromatic nitrogens is 1. The van der Waals surface area contributed by atoms with Crippen LogP contribution in [0, 0.1) is 0 Å². The van der Waals surface area contributed by atoms with Crippen molar-refractivity contribution in [2.75, 3.05) is 6.54 Å². The molecule has 0 spiro atoms. The Balaban J connectivity index is 1.73. The summed E-state index contributed by atoms with van der Waals surface area (Å²) >= 11 is 1.58. The first-order chi connectivity index (χ1) is 11.2. The van der Waals surface area contributed by atoms with Gasteiger partial charge in [0.1, 0.15) is 5.01 Å². The number of nitrogens with two attached hydrogens (primary N) is 1. The van der Waals surface area contributed by atoms with Crippen molar-refractivity contribution in [2.24, 2.45) is 5.73 Å². The summed E-state index contributed by atoms with van der Waals surface area (Å²) in [4.78, 5) is 19.2. The molecule has 23 heavy (non-hydrogen) atoms. The molecule has 4 nitrogen and oxygen atoms in total. The first kappa shape index (κ1) is 16.1. The summed E-state index contributed by atoms with van der Waals surface area (Å²) in [5.41, 5.74) is 8.83. The molecule has 0 saturated carbocycles. The summed E-state index contributed by atoms with van der Waals surface area (Å²) in [5, 5.41) is 2.94. The van der Waals surface area contributed by atoms with Crippen LogP contribution in [0.5, 0.6) is 0 Å². The van der Waals surface area contributed by atoms with Gasteiger partial charge in [-0.3, -0.25) is 4.79 Å². The number of carbonyl (C=O) groups excluding carboxylic acids is 1. The quantitative estimate of drug-likeness (QED) is 0.937. The van der Waals surface area contributed by atoms with Gasteiger partial charge in [0.15, 0.2) is 0 Å². The van der Waals surface area contributed by atoms with E-state index < -0.39 is 0 Å². The lowest BCUT2D eigenvalue weighted by molar-refractivity contribution is -0.133. The number of hydrogen-bond donors (Lipinski definition) is 1. The Morgan fingerprint density at radius 3 is 3.00 bits per heavy atom. The molecule has 1 aliphatic rings. The number of thiazole rings is 1. The van der Waals surface area contributed by atoms with Gasteiger partial charge in [0.2, 0.25) is 5.91 Å². The largest absolute Gasteiger partial charge is 0.340 e. The van der Waals surface area contributed by atoms with Crippen LogP contribution in [-0.2, 0) is 17.8 Å². The third-order valence-corrected chi connectivity index (χ3v) is 5.40. The Kier molecular flexibility index (Phi) is 5.08. The predicted molar refractivity (Wildman–Crippen MR) is 94.2 cm³/mol. The predicted octanol–water partition coefficient (Wildman–Crippen LogP) is 3.21. The summed E-state index contributed by atoms with van der Waals surface area (Å²) in [6.07, 6.45) is 3.84. The van der Waals surface area contributed by atoms with Gasteiger partial charge in [-0.15, -0.1) is 11.3 Å². The van der Waals surface area contributed by atoms with Gasteiger partial charge in [0, 0.05) is 30.1 Å². The molecule has 2 heterocycles. The van der Waals surface area contributed by atoms with Gasteiger partial charge in [0.05, 0.1) is 12.1 Å². The van der Waals surface area contributed by atoms with E-state index in [1.807, 2.05) is 34.5 Å². The topological polar surface area (TPSA) is 59.2 Å². The minimum Gasteiger partial charge on any atom is -0.340 e. The maximum atomic E-state index is 12.5. The molecular weight excluding hydrogens is 306 g/mol. The summed E-state index contributed by atoms with van der Waals surface area (Å²) in [5.74, 6) is 0.196. The molecule has 1 aliphatic heterocycles. The molecule has 2 N–H and O–H groups in total. The van der Waals surface area contributed by atoms with Crippen molar-refractivity contribution < 1.29 is 4.79 Å². The lowest BCUT2D eigenvalue weighted by Gasteiger charge is -2.33. The molecular formula is C18H23N3OS. The molecule has 0 bridgehead atoms. The van der Waals surface area contributed by atoms with E-state index in [0.29, 0.717) is 19.0 Å². The van der Waals surface area contributed by atoms with Crippen LogP contribution < -0.4 is 5.73 Å². The maximum Gasteiger partial charge on any atom is 0.228 e. The van der Waals surface area contributed by atoms with Crippen molar-refractivity contribution in [3.05, 3.63) is 40.9 Å². The molecule has 1 unspecified atom stereocenters. The van der Waals surface area contributed by atoms with E-state index in [4.69, 9.17) is 5.73 Å². The third-order valence-electron chi connectivity index (χ3n) is 4.48. The number of likely N-dealkylation sites (tertiary alicyclic amines) is 1. The number of piperidine rings is 1. The summed E-state index contributed by atoms with van der Waals surface area (Å²) in [7, 11) is 0. The molecule has 1 fully saturated rings. The average molecular weight is 329 g/mol. The third kappa shape index (κ3) is 3.62. The Labute approximate surface area is 141 Å². The highest BCUT2D eigenvalue weighted by Crippen LogP contribution is 2.27. The second-order valence-corrected chi connectivity index (χ2v) is 6.97. The van der Waals surface area contributed by atoms with Gasteiger partial charge in [-0.25, -0.2) is 4.98 Å². The van der Waals surface area contributed by atoms with Gasteiger partial charge in [-0.05, 0) is 31.7 Å². The zero-order valence-electron chi connectivity index (χ0n) is 13.5. The minimum absolute atomic E-state index is 0.196. The number of hydrogen-bond acceptors (Lipinski definition) is 4. The smallest absolute Gasteiger partial charge is 0.228 e. The highest BCUT2D eigenvalue weighted by Gasteiger charge is 2.23. The number of amides is 1. The fourth-order valence-electron chi connectivity index (χ4n) is 3.14. The van der Waals surface area contributed by atoms with E-state index in [9.17, 15) is 4.79 Å². The van der Waals surface area contributed by atoms with Crippen molar-refractivity contribution in [3.63, 3.8) is 0 Å². The monoisotopic (exact) mass is 329 g/mol. The molecule has 0 radical (unpaired) electrons. The van der Waals surface area contributed by atoms with Gasteiger partial charge < -0.3 is 10.6 Å². The van der Waals surface area contributed by atoms with Crippen molar-refractivity contribution in [1.29, 1.82) is 0 Å². The Hall–Kier alpha value is -1.72. The van der Waals surface area contributed by atoms with Crippen LogP contribution in [0.4, 0.5) is 0 Å². The maximum absolute atomic E-state index is 12.5. The van der Waals surface area contributed by atoms with Gasteiger partial charge in [0.25, 0.3) is 0 Å². The second kappa shape index (κ2) is 7.23. The molecule has 122 valence electrons. The van der Waals surface area contributed by atoms with Crippen molar-refractivity contribution in [3.8, 4) is 10.6 Å². The van der Waals surface area contributed by atoms with Crippen LogP contribution >= 0.6 is 11.3 Å². The van der Waals surface area contributed by atoms with Crippen molar-refractivity contribution in [2.45, 2.75) is 45.2 Å². The van der Waals surface area contributed by atoms with Crippen LogP contribution in [0.15, 0.2) is 29.6 Å². The van der Waals surface area contributed by atoms with E-state index in [2.05, 4.69) is 11.9 Å². The molecule has 1 atom stereocenters. The molecule has 1 aromatic carbocycles. The highest BCUT2D eigenvalue weighted by atomic mass is 32.1. The standard InChI is InChI=1S/C18H23N3OS/c1-13-6-4-5-9-21(13)17(22)10-15-12-23-18(20-15)16-8-3-2-7-14(16)11-19/h2-3,7-8,12-13H,4-6,9-11,19H2,1H3. The Morgan fingerprint density at radius 2 is 2.22 bits per heavy atom. The Morgan fingerprint density at radius 1 is 1.39 bits per heavy atom. The van der Waals surface area contributed by atoms with Crippen LogP contribution in [0.1, 0.15) is 37.4 Å². The second-order valence-electron chi connectivity index (χ2n) is 6.11. The van der Waals surface area contributed by atoms with E-state index in [1.165, 1.54) is 6.42 Å². The van der Waals surface area contributed by atoms with Crippen molar-refractivity contribution in [1.82, 2.24) is 9.88 Å². The summed E-state index contributed by atoms with van der Waals surface area (Å²) < 4.78 is 0. The normalized spacial score (nSPS) is 18.2. The van der Waals surface area contributed by atoms with E-state index >= 15 is 0 Å². The Bertz CT molecular complexity index is 682. The number of carbonyl (C=O) groups is 1. The average Bonchev–Trinajstić information content (AvgIpc) is 3.03. The lowest BCUT2D eigenvalue weighted by atomic mass is 10.0. The number of benzene rings is 1. The summed E-state index contributed by atoms with van der Waals surface area (Å²) in [6.45, 7) is 3.52. The van der Waals surface area contributed by atoms with Crippen molar-refractivity contribution >= 4 is 17.2 Å². The van der Waals surface area contributed by atoms with Crippen LogP contribution in [0.3, 0.4) is 0 Å². The molecule has 0 aliphatic carbocycles. The lowest BCUT2D eigenvalue weighted by Crippen LogP contribution is -2.42. The molecule has 2 aromatic rings.